The maximum atomic E-state index is 14.8. The number of rotatable bonds is 2. The first kappa shape index (κ1) is 19.1. The molecule has 0 spiro atoms. The molecule has 0 atom stereocenters. The Labute approximate surface area is 157 Å². The number of carbonyl (C=O) groups excluding carboxylic acids is 3. The third-order valence-electron chi connectivity index (χ3n) is 4.50. The lowest BCUT2D eigenvalue weighted by Gasteiger charge is -2.31. The van der Waals surface area contributed by atoms with E-state index in [4.69, 9.17) is 4.74 Å². The van der Waals surface area contributed by atoms with E-state index in [9.17, 15) is 18.8 Å². The van der Waals surface area contributed by atoms with Gasteiger partial charge in [0.2, 0.25) is 0 Å². The first-order valence-corrected chi connectivity index (χ1v) is 8.97. The maximum Gasteiger partial charge on any atom is 0.410 e. The lowest BCUT2D eigenvalue weighted by molar-refractivity contribution is 0.0243. The van der Waals surface area contributed by atoms with Gasteiger partial charge in [-0.2, -0.15) is 0 Å². The maximum absolute atomic E-state index is 14.8. The molecule has 2 heterocycles. The third-order valence-corrected chi connectivity index (χ3v) is 4.50. The smallest absolute Gasteiger partial charge is 0.410 e. The Morgan fingerprint density at radius 3 is 2.30 bits per heavy atom. The molecule has 0 aliphatic carbocycles. The van der Waals surface area contributed by atoms with E-state index in [-0.39, 0.29) is 6.54 Å². The van der Waals surface area contributed by atoms with Crippen molar-refractivity contribution in [3.8, 4) is 0 Å². The highest BCUT2D eigenvalue weighted by Gasteiger charge is 2.36. The number of ether oxygens (including phenoxy) is 1. The standard InChI is InChI=1S/C20H23FN2O4/c1-20(2,3)27-19(26)22-10-6-7-13(11-22)16(21)12-23-17(24)14-8-4-5-9-15(14)18(23)25/h4-5,8-9H,6-7,10-12H2,1-3H3/b16-13+. The van der Waals surface area contributed by atoms with Gasteiger partial charge in [-0.15, -0.1) is 0 Å². The average molecular weight is 374 g/mol. The fraction of sp³-hybridized carbons (Fsp3) is 0.450. The molecule has 2 aliphatic rings. The quantitative estimate of drug-likeness (QED) is 0.743. The van der Waals surface area contributed by atoms with Gasteiger partial charge in [0, 0.05) is 13.1 Å². The van der Waals surface area contributed by atoms with Gasteiger partial charge in [0.1, 0.15) is 11.4 Å². The molecular weight excluding hydrogens is 351 g/mol. The van der Waals surface area contributed by atoms with Crippen LogP contribution in [0.15, 0.2) is 35.7 Å². The van der Waals surface area contributed by atoms with Gasteiger partial charge in [0.15, 0.2) is 0 Å². The number of fused-ring (bicyclic) bond motifs is 1. The second kappa shape index (κ2) is 7.13. The summed E-state index contributed by atoms with van der Waals surface area (Å²) in [7, 11) is 0. The van der Waals surface area contributed by atoms with Crippen LogP contribution in [-0.2, 0) is 4.74 Å². The molecule has 7 heteroatoms. The molecule has 6 nitrogen and oxygen atoms in total. The summed E-state index contributed by atoms with van der Waals surface area (Å²) in [6, 6.07) is 6.46. The number of amides is 3. The number of halogens is 1. The zero-order valence-electron chi connectivity index (χ0n) is 15.8. The fourth-order valence-corrected chi connectivity index (χ4v) is 3.21. The summed E-state index contributed by atoms with van der Waals surface area (Å²) in [4.78, 5) is 39.4. The summed E-state index contributed by atoms with van der Waals surface area (Å²) in [5.41, 5.74) is 0.374. The lowest BCUT2D eigenvalue weighted by atomic mass is 10.0. The molecule has 27 heavy (non-hydrogen) atoms. The molecular formula is C20H23FN2O4. The second-order valence-electron chi connectivity index (χ2n) is 7.76. The number of carbonyl (C=O) groups is 3. The molecule has 0 saturated carbocycles. The van der Waals surface area contributed by atoms with Crippen LogP contribution in [0.1, 0.15) is 54.3 Å². The van der Waals surface area contributed by atoms with Gasteiger partial charge < -0.3 is 9.64 Å². The molecule has 1 saturated heterocycles. The van der Waals surface area contributed by atoms with E-state index in [1.54, 1.807) is 45.0 Å². The molecule has 0 N–H and O–H groups in total. The van der Waals surface area contributed by atoms with E-state index < -0.39 is 35.9 Å². The van der Waals surface area contributed by atoms with Gasteiger partial charge in [-0.25, -0.2) is 9.18 Å². The summed E-state index contributed by atoms with van der Waals surface area (Å²) in [5.74, 6) is -1.53. The second-order valence-corrected chi connectivity index (χ2v) is 7.76. The topological polar surface area (TPSA) is 66.9 Å². The highest BCUT2D eigenvalue weighted by Crippen LogP contribution is 2.27. The number of benzene rings is 1. The molecule has 1 aromatic rings. The highest BCUT2D eigenvalue weighted by atomic mass is 19.1. The van der Waals surface area contributed by atoms with Crippen LogP contribution < -0.4 is 0 Å². The van der Waals surface area contributed by atoms with Crippen molar-refractivity contribution >= 4 is 17.9 Å². The molecule has 3 rings (SSSR count). The van der Waals surface area contributed by atoms with E-state index in [1.807, 2.05) is 0 Å². The molecule has 0 aromatic heterocycles. The molecule has 2 aliphatic heterocycles. The number of nitrogens with zero attached hydrogens (tertiary/aromatic N) is 2. The van der Waals surface area contributed by atoms with Crippen molar-refractivity contribution in [2.75, 3.05) is 19.6 Å². The Morgan fingerprint density at radius 1 is 1.15 bits per heavy atom. The normalized spacial score (nSPS) is 19.3. The summed E-state index contributed by atoms with van der Waals surface area (Å²) >= 11 is 0. The van der Waals surface area contributed by atoms with Crippen LogP contribution in [-0.4, -0.2) is 52.9 Å². The van der Waals surface area contributed by atoms with E-state index in [0.717, 1.165) is 4.90 Å². The number of hydrogen-bond acceptors (Lipinski definition) is 4. The van der Waals surface area contributed by atoms with Crippen LogP contribution in [0.5, 0.6) is 0 Å². The van der Waals surface area contributed by atoms with Gasteiger partial charge in [0.05, 0.1) is 17.7 Å². The summed E-state index contributed by atoms with van der Waals surface area (Å²) in [6.07, 6.45) is 0.589. The lowest BCUT2D eigenvalue weighted by Crippen LogP contribution is -2.41. The SMILES string of the molecule is CC(C)(C)OC(=O)N1CCC/C(=C(\F)CN2C(=O)c3ccccc3C2=O)C1. The summed E-state index contributed by atoms with van der Waals surface area (Å²) in [6.45, 7) is 5.49. The number of imide groups is 1. The zero-order valence-corrected chi connectivity index (χ0v) is 15.8. The van der Waals surface area contributed by atoms with E-state index in [0.29, 0.717) is 36.1 Å². The minimum Gasteiger partial charge on any atom is -0.444 e. The minimum absolute atomic E-state index is 0.101. The molecule has 1 fully saturated rings. The van der Waals surface area contributed by atoms with E-state index >= 15 is 0 Å². The Balaban J connectivity index is 1.72. The number of hydrogen-bond donors (Lipinski definition) is 0. The van der Waals surface area contributed by atoms with Crippen LogP contribution >= 0.6 is 0 Å². The van der Waals surface area contributed by atoms with Gasteiger partial charge in [0.25, 0.3) is 11.8 Å². The Hall–Kier alpha value is -2.70. The predicted octanol–water partition coefficient (Wildman–Crippen LogP) is 3.54. The van der Waals surface area contributed by atoms with Crippen molar-refractivity contribution < 1.29 is 23.5 Å². The van der Waals surface area contributed by atoms with Crippen molar-refractivity contribution in [3.05, 3.63) is 46.8 Å². The van der Waals surface area contributed by atoms with Crippen molar-refractivity contribution in [3.63, 3.8) is 0 Å². The molecule has 0 radical (unpaired) electrons. The Bertz CT molecular complexity index is 791. The highest BCUT2D eigenvalue weighted by molar-refractivity contribution is 6.21. The van der Waals surface area contributed by atoms with Gasteiger partial charge in [-0.05, 0) is 51.3 Å². The molecule has 0 unspecified atom stereocenters. The number of likely N-dealkylation sites (tertiary alicyclic amines) is 1. The van der Waals surface area contributed by atoms with Crippen molar-refractivity contribution in [1.29, 1.82) is 0 Å². The van der Waals surface area contributed by atoms with Crippen molar-refractivity contribution in [1.82, 2.24) is 9.80 Å². The average Bonchev–Trinajstić information content (AvgIpc) is 2.86. The molecule has 1 aromatic carbocycles. The van der Waals surface area contributed by atoms with Gasteiger partial charge in [-0.1, -0.05) is 12.1 Å². The minimum atomic E-state index is -0.628. The molecule has 144 valence electrons. The van der Waals surface area contributed by atoms with Gasteiger partial charge >= 0.3 is 6.09 Å². The van der Waals surface area contributed by atoms with Crippen LogP contribution in [0.4, 0.5) is 9.18 Å². The van der Waals surface area contributed by atoms with Crippen LogP contribution in [0, 0.1) is 0 Å². The van der Waals surface area contributed by atoms with Gasteiger partial charge in [-0.3, -0.25) is 14.5 Å². The van der Waals surface area contributed by atoms with Crippen LogP contribution in [0.25, 0.3) is 0 Å². The van der Waals surface area contributed by atoms with E-state index in [2.05, 4.69) is 0 Å². The first-order valence-electron chi connectivity index (χ1n) is 8.97. The van der Waals surface area contributed by atoms with E-state index in [1.165, 1.54) is 4.90 Å². The Morgan fingerprint density at radius 2 is 1.74 bits per heavy atom. The Kier molecular flexibility index (Phi) is 5.04. The third kappa shape index (κ3) is 4.02. The largest absolute Gasteiger partial charge is 0.444 e. The zero-order chi connectivity index (χ0) is 19.8. The van der Waals surface area contributed by atoms with Crippen molar-refractivity contribution in [2.24, 2.45) is 0 Å². The number of piperidine rings is 1. The monoisotopic (exact) mass is 374 g/mol. The fourth-order valence-electron chi connectivity index (χ4n) is 3.21. The summed E-state index contributed by atoms with van der Waals surface area (Å²) in [5, 5.41) is 0. The van der Waals surface area contributed by atoms with Crippen LogP contribution in [0.2, 0.25) is 0 Å². The first-order chi connectivity index (χ1) is 12.7. The summed E-state index contributed by atoms with van der Waals surface area (Å²) < 4.78 is 20.2. The van der Waals surface area contributed by atoms with Crippen LogP contribution in [0.3, 0.4) is 0 Å². The van der Waals surface area contributed by atoms with Crippen molar-refractivity contribution in [2.45, 2.75) is 39.2 Å². The predicted molar refractivity (Wildman–Crippen MR) is 97.0 cm³/mol. The molecule has 0 bridgehead atoms. The molecule has 3 amide bonds.